The molecule has 0 atom stereocenters. The van der Waals surface area contributed by atoms with E-state index in [0.717, 1.165) is 44.5 Å². The van der Waals surface area contributed by atoms with Crippen molar-refractivity contribution < 1.29 is 30.0 Å². The van der Waals surface area contributed by atoms with Crippen LogP contribution in [0.2, 0.25) is 0 Å². The maximum Gasteiger partial charge on any atom is 4.00 e. The van der Waals surface area contributed by atoms with Crippen LogP contribution in [0.15, 0.2) is 24.3 Å². The second kappa shape index (κ2) is 44.3. The summed E-state index contributed by atoms with van der Waals surface area (Å²) in [5, 5.41) is 14.0. The van der Waals surface area contributed by atoms with Crippen LogP contribution in [0.25, 0.3) is 16.0 Å². The number of halogens is 1. The Morgan fingerprint density at radius 2 is 0.743 bits per heavy atom. The molecule has 0 aliphatic rings. The Balaban J connectivity index is -0.000000182. The number of hydrogen-bond donors (Lipinski definition) is 0. The Morgan fingerprint density at radius 3 is 0.886 bits per heavy atom. The van der Waals surface area contributed by atoms with Gasteiger partial charge in [-0.2, -0.15) is 12.1 Å². The molecule has 206 valence electrons. The molecule has 1 aromatic carbocycles. The molecule has 1 rings (SSSR count). The van der Waals surface area contributed by atoms with Gasteiger partial charge in [0, 0.05) is 0 Å². The van der Waals surface area contributed by atoms with Crippen LogP contribution in [0.1, 0.15) is 119 Å². The molecule has 0 radical (unpaired) electrons. The summed E-state index contributed by atoms with van der Waals surface area (Å²) in [5.41, 5.74) is 0. The van der Waals surface area contributed by atoms with Crippen LogP contribution in [0, 0.1) is 0 Å². The Morgan fingerprint density at radius 1 is 0.514 bits per heavy atom. The van der Waals surface area contributed by atoms with Crippen LogP contribution >= 0.6 is 0 Å². The number of unbranched alkanes of at least 4 members (excludes halogenated alkanes) is 6. The van der Waals surface area contributed by atoms with E-state index in [1.807, 2.05) is 24.3 Å². The first-order chi connectivity index (χ1) is 16.7. The molecular weight excluding hydrogens is 616 g/mol. The molecule has 0 heterocycles. The third-order valence-corrected chi connectivity index (χ3v) is 5.68. The van der Waals surface area contributed by atoms with Gasteiger partial charge in [0.15, 0.2) is 9.85 Å². The summed E-state index contributed by atoms with van der Waals surface area (Å²) in [5.74, 6) is 0. The molecule has 0 bridgehead atoms. The number of nitrogens with zero attached hydrogens (tertiary/aromatic N) is 3. The standard InChI is InChI=1S/3C8H18N.C5H6FSi.Hf/c3*1-3-5-7-9-8-6-4-2;6-7-5-3-1-2-4-5;/h3*3-8H2,1-2H3;1-4H,7H2;/q4*-1;+4. The van der Waals surface area contributed by atoms with Crippen molar-refractivity contribution in [3.63, 3.8) is 0 Å². The van der Waals surface area contributed by atoms with Crippen molar-refractivity contribution in [3.8, 4) is 0 Å². The molecule has 0 aliphatic carbocycles. The molecule has 35 heavy (non-hydrogen) atoms. The molecule has 0 unspecified atom stereocenters. The van der Waals surface area contributed by atoms with E-state index in [1.165, 1.54) is 77.0 Å². The van der Waals surface area contributed by atoms with Crippen molar-refractivity contribution in [1.82, 2.24) is 0 Å². The minimum Gasteiger partial charge on any atom is -0.662 e. The van der Waals surface area contributed by atoms with Gasteiger partial charge in [0.2, 0.25) is 0 Å². The third-order valence-electron chi connectivity index (χ3n) is 4.90. The Bertz CT molecular complexity index is 357. The van der Waals surface area contributed by atoms with E-state index < -0.39 is 9.85 Å². The Hall–Kier alpha value is 0.247. The van der Waals surface area contributed by atoms with E-state index in [2.05, 4.69) is 57.5 Å². The topological polar surface area (TPSA) is 42.3 Å². The summed E-state index contributed by atoms with van der Waals surface area (Å²) in [6.45, 7) is 19.7. The quantitative estimate of drug-likeness (QED) is 0.0608. The summed E-state index contributed by atoms with van der Waals surface area (Å²) in [6.07, 6.45) is 15.2. The molecule has 0 N–H and O–H groups in total. The zero-order valence-electron chi connectivity index (χ0n) is 24.5. The smallest absolute Gasteiger partial charge is 0.662 e. The molecule has 0 aromatic heterocycles. The van der Waals surface area contributed by atoms with Crippen LogP contribution in [0.5, 0.6) is 0 Å². The summed E-state index contributed by atoms with van der Waals surface area (Å²) >= 11 is 0. The normalized spacial score (nSPS) is 9.91. The minimum atomic E-state index is -1.37. The van der Waals surface area contributed by atoms with E-state index >= 15 is 0 Å². The van der Waals surface area contributed by atoms with E-state index in [-0.39, 0.29) is 25.8 Å². The van der Waals surface area contributed by atoms with Gasteiger partial charge in [-0.3, -0.25) is 0 Å². The van der Waals surface area contributed by atoms with E-state index in [4.69, 9.17) is 0 Å². The van der Waals surface area contributed by atoms with Crippen LogP contribution < -0.4 is 5.19 Å². The van der Waals surface area contributed by atoms with E-state index in [9.17, 15) is 4.11 Å². The predicted molar refractivity (Wildman–Crippen MR) is 160 cm³/mol. The van der Waals surface area contributed by atoms with Crippen molar-refractivity contribution in [2.45, 2.75) is 119 Å². The molecule has 0 saturated carbocycles. The van der Waals surface area contributed by atoms with Crippen LogP contribution in [0.4, 0.5) is 4.11 Å². The van der Waals surface area contributed by atoms with Gasteiger partial charge in [0.05, 0.1) is 0 Å². The maximum absolute atomic E-state index is 11.7. The fourth-order valence-electron chi connectivity index (χ4n) is 2.46. The molecule has 0 amide bonds. The molecule has 1 aromatic rings. The average Bonchev–Trinajstić information content (AvgIpc) is 3.39. The predicted octanol–water partition coefficient (Wildman–Crippen LogP) is 8.96. The monoisotopic (exact) mass is 677 g/mol. The van der Waals surface area contributed by atoms with Crippen LogP contribution in [0.3, 0.4) is 0 Å². The van der Waals surface area contributed by atoms with Gasteiger partial charge < -0.3 is 20.1 Å². The largest absolute Gasteiger partial charge is 4.00 e. The second-order valence-electron chi connectivity index (χ2n) is 8.56. The van der Waals surface area contributed by atoms with Gasteiger partial charge in [-0.15, -0.1) is 44.5 Å². The molecular formula is C29H60FHfN3Si. The second-order valence-corrected chi connectivity index (χ2v) is 9.64. The fraction of sp³-hybridized carbons (Fsp3) is 0.828. The van der Waals surface area contributed by atoms with Crippen molar-refractivity contribution in [1.29, 1.82) is 0 Å². The Labute approximate surface area is 242 Å². The van der Waals surface area contributed by atoms with Crippen LogP contribution in [-0.2, 0) is 25.8 Å². The first-order valence-corrected chi connectivity index (χ1v) is 15.6. The molecule has 0 spiro atoms. The van der Waals surface area contributed by atoms with Gasteiger partial charge in [0.1, 0.15) is 0 Å². The number of hydrogen-bond acceptors (Lipinski definition) is 0. The molecule has 0 fully saturated rings. The summed E-state index contributed by atoms with van der Waals surface area (Å²) in [7, 11) is -1.37. The van der Waals surface area contributed by atoms with E-state index in [1.54, 1.807) is 0 Å². The first-order valence-electron chi connectivity index (χ1n) is 14.3. The summed E-state index contributed by atoms with van der Waals surface area (Å²) < 4.78 is 11.7. The molecule has 0 saturated heterocycles. The van der Waals surface area contributed by atoms with E-state index in [0.29, 0.717) is 0 Å². The fourth-order valence-corrected chi connectivity index (χ4v) is 2.91. The van der Waals surface area contributed by atoms with Crippen molar-refractivity contribution in [2.24, 2.45) is 0 Å². The van der Waals surface area contributed by atoms with Crippen molar-refractivity contribution in [3.05, 3.63) is 40.2 Å². The van der Waals surface area contributed by atoms with Crippen molar-refractivity contribution in [2.75, 3.05) is 39.3 Å². The number of rotatable bonds is 19. The summed E-state index contributed by atoms with van der Waals surface area (Å²) in [6, 6.07) is 7.38. The molecule has 0 aliphatic heterocycles. The molecule has 6 heteroatoms. The Kier molecular flexibility index (Phi) is 53.5. The average molecular weight is 676 g/mol. The molecule has 3 nitrogen and oxygen atoms in total. The van der Waals surface area contributed by atoms with Gasteiger partial charge >= 0.3 is 25.8 Å². The maximum atomic E-state index is 11.7. The minimum absolute atomic E-state index is 0. The zero-order chi connectivity index (χ0) is 26.0. The van der Waals surface area contributed by atoms with Gasteiger partial charge in [-0.1, -0.05) is 119 Å². The SMILES string of the molecule is CCCC[N-]CCCC.CCCC[N-]CCCC.CCCC[N-]CCCC.F[SiH2][c-]1cccc1.[Hf+4]. The van der Waals surface area contributed by atoms with Crippen molar-refractivity contribution >= 4 is 15.0 Å². The zero-order valence-corrected chi connectivity index (χ0v) is 29.5. The van der Waals surface area contributed by atoms with Gasteiger partial charge in [-0.25, -0.2) is 12.1 Å². The van der Waals surface area contributed by atoms with Crippen LogP contribution in [-0.4, -0.2) is 49.1 Å². The van der Waals surface area contributed by atoms with Gasteiger partial charge in [0.25, 0.3) is 0 Å². The van der Waals surface area contributed by atoms with Gasteiger partial charge in [-0.05, 0) is 0 Å². The first kappa shape index (κ1) is 42.3. The summed E-state index contributed by atoms with van der Waals surface area (Å²) in [4.78, 5) is 0. The third kappa shape index (κ3) is 48.0.